The molecular weight excluding hydrogens is 310 g/mol. The first-order valence-corrected chi connectivity index (χ1v) is 8.89. The van der Waals surface area contributed by atoms with E-state index in [-0.39, 0.29) is 6.10 Å². The smallest absolute Gasteiger partial charge is 0.252 e. The highest BCUT2D eigenvalue weighted by Crippen LogP contribution is 2.29. The van der Waals surface area contributed by atoms with Crippen molar-refractivity contribution in [1.29, 1.82) is 0 Å². The Morgan fingerprint density at radius 2 is 2.24 bits per heavy atom. The number of ether oxygens (including phenoxy) is 1. The predicted molar refractivity (Wildman–Crippen MR) is 79.7 cm³/mol. The van der Waals surface area contributed by atoms with E-state index in [1.165, 1.54) is 15.6 Å². The quantitative estimate of drug-likeness (QED) is 0.858. The molecule has 1 aliphatic heterocycles. The second-order valence-corrected chi connectivity index (χ2v) is 8.49. The highest BCUT2D eigenvalue weighted by atomic mass is 32.2. The molecule has 1 aliphatic rings. The number of nitrogens with zero attached hydrogens (tertiary/aromatic N) is 3. The summed E-state index contributed by atoms with van der Waals surface area (Å²) in [5.74, 6) is 0. The van der Waals surface area contributed by atoms with Crippen LogP contribution in [0.1, 0.15) is 16.5 Å². The van der Waals surface area contributed by atoms with Crippen LogP contribution >= 0.6 is 11.3 Å². The van der Waals surface area contributed by atoms with E-state index < -0.39 is 10.0 Å². The Bertz CT molecular complexity index is 735. The standard InChI is InChI=1S/C13H17N3O3S2/c1-10-3-4-13(20-10)21(17,18)16-5-6-19-12(9-16)11-7-14-15(2)8-11/h3-4,7-8,12H,5-6,9H2,1-2H3. The molecule has 0 saturated carbocycles. The predicted octanol–water partition coefficient (Wildman–Crippen LogP) is 1.55. The molecule has 0 radical (unpaired) electrons. The first-order chi connectivity index (χ1) is 9.96. The molecule has 0 aromatic carbocycles. The van der Waals surface area contributed by atoms with Gasteiger partial charge in [-0.1, -0.05) is 0 Å². The van der Waals surface area contributed by atoms with Gasteiger partial charge in [-0.25, -0.2) is 8.42 Å². The third-order valence-electron chi connectivity index (χ3n) is 3.44. The van der Waals surface area contributed by atoms with Crippen LogP contribution in [0.2, 0.25) is 0 Å². The van der Waals surface area contributed by atoms with Gasteiger partial charge in [0.2, 0.25) is 0 Å². The lowest BCUT2D eigenvalue weighted by Gasteiger charge is -2.31. The minimum Gasteiger partial charge on any atom is -0.371 e. The first kappa shape index (κ1) is 14.7. The molecule has 1 unspecified atom stereocenters. The van der Waals surface area contributed by atoms with Crippen LogP contribution in [0.5, 0.6) is 0 Å². The molecule has 1 atom stereocenters. The lowest BCUT2D eigenvalue weighted by Crippen LogP contribution is -2.41. The van der Waals surface area contributed by atoms with Crippen molar-refractivity contribution in [1.82, 2.24) is 14.1 Å². The maximum absolute atomic E-state index is 12.6. The van der Waals surface area contributed by atoms with Crippen LogP contribution in [0, 0.1) is 6.92 Å². The van der Waals surface area contributed by atoms with Gasteiger partial charge in [0.25, 0.3) is 10.0 Å². The Morgan fingerprint density at radius 1 is 1.43 bits per heavy atom. The van der Waals surface area contributed by atoms with E-state index in [9.17, 15) is 8.42 Å². The fourth-order valence-electron chi connectivity index (χ4n) is 2.33. The van der Waals surface area contributed by atoms with Crippen molar-refractivity contribution in [3.8, 4) is 0 Å². The first-order valence-electron chi connectivity index (χ1n) is 6.63. The van der Waals surface area contributed by atoms with E-state index in [0.717, 1.165) is 10.4 Å². The van der Waals surface area contributed by atoms with Gasteiger partial charge < -0.3 is 4.74 Å². The molecule has 0 spiro atoms. The molecule has 2 aromatic heterocycles. The second-order valence-electron chi connectivity index (χ2n) is 5.03. The lowest BCUT2D eigenvalue weighted by atomic mass is 10.2. The zero-order valence-corrected chi connectivity index (χ0v) is 13.5. The van der Waals surface area contributed by atoms with E-state index in [4.69, 9.17) is 4.74 Å². The van der Waals surface area contributed by atoms with Crippen molar-refractivity contribution < 1.29 is 13.2 Å². The molecule has 0 bridgehead atoms. The molecule has 3 rings (SSSR count). The molecule has 8 heteroatoms. The van der Waals surface area contributed by atoms with Crippen molar-refractivity contribution in [3.63, 3.8) is 0 Å². The van der Waals surface area contributed by atoms with Gasteiger partial charge in [0, 0.05) is 36.8 Å². The van der Waals surface area contributed by atoms with Gasteiger partial charge in [0.05, 0.1) is 18.9 Å². The summed E-state index contributed by atoms with van der Waals surface area (Å²) >= 11 is 1.30. The Labute approximate surface area is 128 Å². The van der Waals surface area contributed by atoms with Crippen LogP contribution in [-0.2, 0) is 21.8 Å². The summed E-state index contributed by atoms with van der Waals surface area (Å²) in [7, 11) is -1.60. The second kappa shape index (κ2) is 5.53. The van der Waals surface area contributed by atoms with E-state index in [0.29, 0.717) is 23.9 Å². The van der Waals surface area contributed by atoms with Crippen molar-refractivity contribution in [2.45, 2.75) is 17.2 Å². The average molecular weight is 327 g/mol. The maximum Gasteiger partial charge on any atom is 0.252 e. The van der Waals surface area contributed by atoms with Crippen LogP contribution in [0.25, 0.3) is 0 Å². The average Bonchev–Trinajstić information content (AvgIpc) is 3.08. The van der Waals surface area contributed by atoms with Gasteiger partial charge in [-0.3, -0.25) is 4.68 Å². The van der Waals surface area contributed by atoms with Crippen LogP contribution in [0.3, 0.4) is 0 Å². The van der Waals surface area contributed by atoms with Crippen LogP contribution in [0.4, 0.5) is 0 Å². The third-order valence-corrected chi connectivity index (χ3v) is 6.77. The molecule has 0 N–H and O–H groups in total. The zero-order chi connectivity index (χ0) is 15.0. The summed E-state index contributed by atoms with van der Waals surface area (Å²) in [5.41, 5.74) is 0.903. The summed E-state index contributed by atoms with van der Waals surface area (Å²) in [6.07, 6.45) is 3.31. The molecule has 2 aromatic rings. The van der Waals surface area contributed by atoms with Crippen LogP contribution in [-0.4, -0.2) is 42.2 Å². The minimum absolute atomic E-state index is 0.261. The van der Waals surface area contributed by atoms with E-state index >= 15 is 0 Å². The number of aromatic nitrogens is 2. The number of rotatable bonds is 3. The van der Waals surface area contributed by atoms with Crippen LogP contribution < -0.4 is 0 Å². The summed E-state index contributed by atoms with van der Waals surface area (Å²) < 4.78 is 34.6. The number of thiophene rings is 1. The fraction of sp³-hybridized carbons (Fsp3) is 0.462. The highest BCUT2D eigenvalue weighted by Gasteiger charge is 2.32. The van der Waals surface area contributed by atoms with Crippen LogP contribution in [0.15, 0.2) is 28.7 Å². The molecule has 114 valence electrons. The summed E-state index contributed by atoms with van der Waals surface area (Å²) in [6, 6.07) is 3.50. The summed E-state index contributed by atoms with van der Waals surface area (Å²) in [6.45, 7) is 3.01. The zero-order valence-electron chi connectivity index (χ0n) is 11.9. The van der Waals surface area contributed by atoms with E-state index in [1.54, 1.807) is 16.9 Å². The van der Waals surface area contributed by atoms with Gasteiger partial charge in [0.1, 0.15) is 4.21 Å². The van der Waals surface area contributed by atoms with Crippen molar-refractivity contribution >= 4 is 21.4 Å². The minimum atomic E-state index is -3.43. The largest absolute Gasteiger partial charge is 0.371 e. The molecule has 0 amide bonds. The Hall–Kier alpha value is -1.22. The molecule has 3 heterocycles. The topological polar surface area (TPSA) is 64.4 Å². The monoisotopic (exact) mass is 327 g/mol. The number of hydrogen-bond donors (Lipinski definition) is 0. The molecule has 6 nitrogen and oxygen atoms in total. The van der Waals surface area contributed by atoms with Crippen molar-refractivity contribution in [3.05, 3.63) is 35.0 Å². The van der Waals surface area contributed by atoms with Crippen molar-refractivity contribution in [2.24, 2.45) is 7.05 Å². The number of morpholine rings is 1. The van der Waals surface area contributed by atoms with Gasteiger partial charge in [0.15, 0.2) is 0 Å². The summed E-state index contributed by atoms with van der Waals surface area (Å²) in [5, 5.41) is 4.11. The lowest BCUT2D eigenvalue weighted by molar-refractivity contribution is -0.00253. The fourth-order valence-corrected chi connectivity index (χ4v) is 5.19. The van der Waals surface area contributed by atoms with Gasteiger partial charge in [-0.05, 0) is 19.1 Å². The normalized spacial score (nSPS) is 20.8. The summed E-state index contributed by atoms with van der Waals surface area (Å²) in [4.78, 5) is 0.991. The highest BCUT2D eigenvalue weighted by molar-refractivity contribution is 7.91. The molecular formula is C13H17N3O3S2. The Kier molecular flexibility index (Phi) is 3.87. The SMILES string of the molecule is Cc1ccc(S(=O)(=O)N2CCOC(c3cnn(C)c3)C2)s1. The van der Waals surface area contributed by atoms with Crippen molar-refractivity contribution in [2.75, 3.05) is 19.7 Å². The molecule has 21 heavy (non-hydrogen) atoms. The van der Waals surface area contributed by atoms with Gasteiger partial charge in [-0.2, -0.15) is 9.40 Å². The molecule has 0 aliphatic carbocycles. The molecule has 1 fully saturated rings. The number of sulfonamides is 1. The number of aryl methyl sites for hydroxylation is 2. The Balaban J connectivity index is 1.83. The van der Waals surface area contributed by atoms with E-state index in [2.05, 4.69) is 5.10 Å². The number of hydrogen-bond acceptors (Lipinski definition) is 5. The van der Waals surface area contributed by atoms with E-state index in [1.807, 2.05) is 26.2 Å². The maximum atomic E-state index is 12.6. The van der Waals surface area contributed by atoms with Gasteiger partial charge >= 0.3 is 0 Å². The molecule has 1 saturated heterocycles. The Morgan fingerprint density at radius 3 is 2.86 bits per heavy atom. The third kappa shape index (κ3) is 2.89. The van der Waals surface area contributed by atoms with Gasteiger partial charge in [-0.15, -0.1) is 11.3 Å².